The van der Waals surface area contributed by atoms with Crippen LogP contribution in [0.2, 0.25) is 0 Å². The van der Waals surface area contributed by atoms with Crippen LogP contribution in [0.5, 0.6) is 5.75 Å². The summed E-state index contributed by atoms with van der Waals surface area (Å²) in [6.45, 7) is 6.82. The number of rotatable bonds is 5. The molecular formula is C20H26O2. The molecule has 1 N–H and O–H groups in total. The van der Waals surface area contributed by atoms with Crippen LogP contribution < -0.4 is 0 Å². The van der Waals surface area contributed by atoms with Gasteiger partial charge in [0.05, 0.1) is 0 Å². The Morgan fingerprint density at radius 1 is 1.32 bits per heavy atom. The predicted octanol–water partition coefficient (Wildman–Crippen LogP) is 5.14. The van der Waals surface area contributed by atoms with E-state index < -0.39 is 0 Å². The summed E-state index contributed by atoms with van der Waals surface area (Å²) in [5.74, 6) is 0.916. The second-order valence-corrected chi connectivity index (χ2v) is 6.96. The lowest BCUT2D eigenvalue weighted by atomic mass is 9.67. The summed E-state index contributed by atoms with van der Waals surface area (Å²) in [5, 5.41) is 9.24. The second kappa shape index (κ2) is 6.95. The largest absolute Gasteiger partial charge is 0.508 e. The lowest BCUT2D eigenvalue weighted by Crippen LogP contribution is -2.28. The number of carbonyl (C=O) groups excluding carboxylic acids is 1. The van der Waals surface area contributed by atoms with Gasteiger partial charge in [-0.2, -0.15) is 0 Å². The fraction of sp³-hybridized carbons (Fsp3) is 0.450. The molecule has 2 heteroatoms. The number of phenols is 1. The van der Waals surface area contributed by atoms with Crippen molar-refractivity contribution in [2.75, 3.05) is 0 Å². The number of benzene rings is 1. The Morgan fingerprint density at radius 3 is 2.64 bits per heavy atom. The zero-order valence-corrected chi connectivity index (χ0v) is 13.8. The molecular weight excluding hydrogens is 272 g/mol. The number of carbonyl (C=O) groups is 1. The minimum Gasteiger partial charge on any atom is -0.508 e. The zero-order chi connectivity index (χ0) is 16.2. The number of ketones is 1. The normalized spacial score (nSPS) is 20.9. The van der Waals surface area contributed by atoms with Crippen LogP contribution in [0.15, 0.2) is 42.0 Å². The van der Waals surface area contributed by atoms with E-state index in [0.29, 0.717) is 17.8 Å². The first kappa shape index (κ1) is 16.5. The minimum absolute atomic E-state index is 0.169. The first-order chi connectivity index (χ1) is 10.4. The Bertz CT molecular complexity index is 576. The van der Waals surface area contributed by atoms with Gasteiger partial charge in [-0.3, -0.25) is 4.79 Å². The monoisotopic (exact) mass is 298 g/mol. The first-order valence-corrected chi connectivity index (χ1v) is 8.05. The molecule has 0 saturated heterocycles. The molecule has 1 aromatic rings. The van der Waals surface area contributed by atoms with E-state index in [1.807, 2.05) is 6.08 Å². The summed E-state index contributed by atoms with van der Waals surface area (Å²) in [5.41, 5.74) is 2.66. The molecule has 1 unspecified atom stereocenters. The summed E-state index contributed by atoms with van der Waals surface area (Å²) >= 11 is 0. The van der Waals surface area contributed by atoms with Crippen LogP contribution in [0, 0.1) is 11.3 Å². The van der Waals surface area contributed by atoms with Crippen LogP contribution in [0.3, 0.4) is 0 Å². The lowest BCUT2D eigenvalue weighted by molar-refractivity contribution is -0.114. The van der Waals surface area contributed by atoms with Crippen LogP contribution in [-0.4, -0.2) is 10.9 Å². The van der Waals surface area contributed by atoms with E-state index in [2.05, 4.69) is 26.8 Å². The molecule has 0 aliphatic heterocycles. The van der Waals surface area contributed by atoms with Crippen molar-refractivity contribution in [1.82, 2.24) is 0 Å². The number of hydrogen-bond acceptors (Lipinski definition) is 2. The zero-order valence-electron chi connectivity index (χ0n) is 13.8. The van der Waals surface area contributed by atoms with Crippen molar-refractivity contribution in [3.63, 3.8) is 0 Å². The van der Waals surface area contributed by atoms with Crippen LogP contribution in [0.1, 0.15) is 52.0 Å². The quantitative estimate of drug-likeness (QED) is 0.604. The van der Waals surface area contributed by atoms with Gasteiger partial charge in [-0.25, -0.2) is 0 Å². The fourth-order valence-corrected chi connectivity index (χ4v) is 3.37. The third kappa shape index (κ3) is 4.33. The number of allylic oxidation sites excluding steroid dienone is 3. The highest BCUT2D eigenvalue weighted by Gasteiger charge is 2.32. The van der Waals surface area contributed by atoms with Crippen molar-refractivity contribution < 1.29 is 9.90 Å². The SMILES string of the molecule is CC1=CCCC(C)(C)C1CCC(=O)/C=C/c1ccc(O)cc1. The highest BCUT2D eigenvalue weighted by Crippen LogP contribution is 2.43. The van der Waals surface area contributed by atoms with Gasteiger partial charge in [0.2, 0.25) is 0 Å². The Balaban J connectivity index is 1.91. The number of hydrogen-bond donors (Lipinski definition) is 1. The van der Waals surface area contributed by atoms with Gasteiger partial charge in [-0.15, -0.1) is 0 Å². The van der Waals surface area contributed by atoms with E-state index in [4.69, 9.17) is 0 Å². The van der Waals surface area contributed by atoms with E-state index >= 15 is 0 Å². The first-order valence-electron chi connectivity index (χ1n) is 8.05. The van der Waals surface area contributed by atoms with Crippen LogP contribution >= 0.6 is 0 Å². The minimum atomic E-state index is 0.169. The molecule has 0 radical (unpaired) electrons. The maximum atomic E-state index is 12.1. The van der Waals surface area contributed by atoms with Crippen molar-refractivity contribution in [1.29, 1.82) is 0 Å². The summed E-state index contributed by atoms with van der Waals surface area (Å²) in [6.07, 6.45) is 9.67. The van der Waals surface area contributed by atoms with E-state index in [-0.39, 0.29) is 11.5 Å². The lowest BCUT2D eigenvalue weighted by Gasteiger charge is -2.38. The molecule has 2 rings (SSSR count). The topological polar surface area (TPSA) is 37.3 Å². The van der Waals surface area contributed by atoms with Gasteiger partial charge >= 0.3 is 0 Å². The van der Waals surface area contributed by atoms with Gasteiger partial charge in [0, 0.05) is 6.42 Å². The Labute approximate surface area is 133 Å². The third-order valence-electron chi connectivity index (χ3n) is 4.78. The van der Waals surface area contributed by atoms with Gasteiger partial charge in [-0.1, -0.05) is 43.7 Å². The van der Waals surface area contributed by atoms with Crippen molar-refractivity contribution in [3.05, 3.63) is 47.6 Å². The van der Waals surface area contributed by atoms with Gasteiger partial charge < -0.3 is 5.11 Å². The van der Waals surface area contributed by atoms with Gasteiger partial charge in [-0.05, 0) is 61.3 Å². The molecule has 1 atom stereocenters. The Kier molecular flexibility index (Phi) is 5.23. The summed E-state index contributed by atoms with van der Waals surface area (Å²) in [4.78, 5) is 12.1. The van der Waals surface area contributed by atoms with Crippen LogP contribution in [0.4, 0.5) is 0 Å². The van der Waals surface area contributed by atoms with Gasteiger partial charge in [0.25, 0.3) is 0 Å². The molecule has 0 amide bonds. The second-order valence-electron chi connectivity index (χ2n) is 6.96. The predicted molar refractivity (Wildman–Crippen MR) is 91.6 cm³/mol. The molecule has 1 aromatic carbocycles. The molecule has 1 aliphatic rings. The molecule has 0 saturated carbocycles. The highest BCUT2D eigenvalue weighted by atomic mass is 16.3. The molecule has 0 bridgehead atoms. The highest BCUT2D eigenvalue weighted by molar-refractivity contribution is 5.93. The molecule has 118 valence electrons. The Morgan fingerprint density at radius 2 is 2.00 bits per heavy atom. The maximum absolute atomic E-state index is 12.1. The Hall–Kier alpha value is -1.83. The molecule has 0 heterocycles. The van der Waals surface area contributed by atoms with E-state index in [0.717, 1.165) is 18.4 Å². The average molecular weight is 298 g/mol. The summed E-state index contributed by atoms with van der Waals surface area (Å²) in [6, 6.07) is 6.86. The number of aromatic hydroxyl groups is 1. The molecule has 1 aliphatic carbocycles. The van der Waals surface area contributed by atoms with Crippen molar-refractivity contribution in [2.45, 2.75) is 46.5 Å². The van der Waals surface area contributed by atoms with E-state index in [1.54, 1.807) is 30.3 Å². The fourth-order valence-electron chi connectivity index (χ4n) is 3.37. The van der Waals surface area contributed by atoms with E-state index in [1.165, 1.54) is 12.0 Å². The van der Waals surface area contributed by atoms with Crippen molar-refractivity contribution in [2.24, 2.45) is 11.3 Å². The van der Waals surface area contributed by atoms with E-state index in [9.17, 15) is 9.90 Å². The standard InChI is InChI=1S/C20H26O2/c1-15-5-4-14-20(2,3)19(15)13-12-18(22)11-8-16-6-9-17(21)10-7-16/h5-11,19,21H,4,12-14H2,1-3H3/b11-8+. The number of phenolic OH excluding ortho intramolecular Hbond substituents is 1. The molecule has 0 fully saturated rings. The molecule has 0 aromatic heterocycles. The smallest absolute Gasteiger partial charge is 0.155 e. The van der Waals surface area contributed by atoms with Crippen LogP contribution in [0.25, 0.3) is 6.08 Å². The maximum Gasteiger partial charge on any atom is 0.155 e. The van der Waals surface area contributed by atoms with Crippen molar-refractivity contribution >= 4 is 11.9 Å². The molecule has 2 nitrogen and oxygen atoms in total. The summed E-state index contributed by atoms with van der Waals surface area (Å²) in [7, 11) is 0. The third-order valence-corrected chi connectivity index (χ3v) is 4.78. The van der Waals surface area contributed by atoms with Gasteiger partial charge in [0.1, 0.15) is 5.75 Å². The molecule has 22 heavy (non-hydrogen) atoms. The van der Waals surface area contributed by atoms with Crippen LogP contribution in [-0.2, 0) is 4.79 Å². The average Bonchev–Trinajstić information content (AvgIpc) is 2.45. The summed E-state index contributed by atoms with van der Waals surface area (Å²) < 4.78 is 0. The molecule has 0 spiro atoms. The van der Waals surface area contributed by atoms with Gasteiger partial charge in [0.15, 0.2) is 5.78 Å². The van der Waals surface area contributed by atoms with Crippen molar-refractivity contribution in [3.8, 4) is 5.75 Å².